The van der Waals surface area contributed by atoms with Crippen LogP contribution in [-0.4, -0.2) is 0 Å². The van der Waals surface area contributed by atoms with Crippen molar-refractivity contribution in [2.24, 2.45) is 40.4 Å². The van der Waals surface area contributed by atoms with Gasteiger partial charge in [0.1, 0.15) is 0 Å². The van der Waals surface area contributed by atoms with Gasteiger partial charge in [-0.05, 0) is 112 Å². The van der Waals surface area contributed by atoms with E-state index in [2.05, 4.69) is 46.8 Å². The van der Waals surface area contributed by atoms with Crippen LogP contribution in [0.3, 0.4) is 0 Å². The molecule has 0 aromatic rings. The van der Waals surface area contributed by atoms with Crippen molar-refractivity contribution in [1.29, 1.82) is 0 Å². The van der Waals surface area contributed by atoms with Crippen LogP contribution < -0.4 is 0 Å². The second-order valence-electron chi connectivity index (χ2n) is 11.5. The second kappa shape index (κ2) is 7.96. The fraction of sp³-hybridized carbons (Fsp3) is 0.857. The molecule has 28 heavy (non-hydrogen) atoms. The van der Waals surface area contributed by atoms with Crippen molar-refractivity contribution < 1.29 is 0 Å². The molecule has 4 aliphatic carbocycles. The lowest BCUT2D eigenvalue weighted by atomic mass is 9.46. The zero-order valence-electron chi connectivity index (χ0n) is 19.5. The third-order valence-corrected chi connectivity index (χ3v) is 10.6. The van der Waals surface area contributed by atoms with Crippen LogP contribution in [0.5, 0.6) is 0 Å². The minimum Gasteiger partial charge on any atom is -0.0884 e. The smallest absolute Gasteiger partial charge is 0.00849 e. The quantitative estimate of drug-likeness (QED) is 0.329. The Hall–Kier alpha value is -0.520. The van der Waals surface area contributed by atoms with Crippen molar-refractivity contribution in [3.8, 4) is 0 Å². The largest absolute Gasteiger partial charge is 0.0884 e. The monoisotopic (exact) mass is 382 g/mol. The standard InChI is InChI=1S/C28H46/c1-6-8-9-10-22-12-14-25-24-13-11-23-19-21(20(3)7-2)15-17-28(23,5)26(24)16-18-27(22,25)4/h7,11,21-22,24-26H,6,8-10,12-19H2,1-5H3/b20-7-/t21?,22?,24?,25-,26?,27?,28?/m0/s1. The predicted octanol–water partition coefficient (Wildman–Crippen LogP) is 8.73. The molecule has 158 valence electrons. The molecule has 4 rings (SSSR count). The molecule has 0 heterocycles. The molecule has 0 radical (unpaired) electrons. The highest BCUT2D eigenvalue weighted by Crippen LogP contribution is 2.67. The summed E-state index contributed by atoms with van der Waals surface area (Å²) in [7, 11) is 0. The topological polar surface area (TPSA) is 0 Å². The third kappa shape index (κ3) is 3.26. The van der Waals surface area contributed by atoms with E-state index in [1.54, 1.807) is 5.57 Å². The molecule has 0 spiro atoms. The van der Waals surface area contributed by atoms with Gasteiger partial charge in [0, 0.05) is 0 Å². The van der Waals surface area contributed by atoms with Crippen molar-refractivity contribution in [1.82, 2.24) is 0 Å². The molecule has 4 aliphatic rings. The molecule has 3 saturated carbocycles. The molecular formula is C28H46. The number of hydrogen-bond donors (Lipinski definition) is 0. The Labute approximate surface area is 175 Å². The van der Waals surface area contributed by atoms with Crippen molar-refractivity contribution >= 4 is 0 Å². The molecule has 0 nitrogen and oxygen atoms in total. The first-order valence-corrected chi connectivity index (χ1v) is 12.8. The zero-order valence-corrected chi connectivity index (χ0v) is 19.5. The summed E-state index contributed by atoms with van der Waals surface area (Å²) in [4.78, 5) is 0. The maximum absolute atomic E-state index is 2.76. The van der Waals surface area contributed by atoms with Gasteiger partial charge in [0.2, 0.25) is 0 Å². The summed E-state index contributed by atoms with van der Waals surface area (Å²) < 4.78 is 0. The highest BCUT2D eigenvalue weighted by molar-refractivity contribution is 5.27. The van der Waals surface area contributed by atoms with Crippen LogP contribution >= 0.6 is 0 Å². The molecule has 0 saturated heterocycles. The summed E-state index contributed by atoms with van der Waals surface area (Å²) in [6.45, 7) is 12.3. The molecule has 0 amide bonds. The van der Waals surface area contributed by atoms with E-state index in [0.717, 1.165) is 29.6 Å². The Balaban J connectivity index is 1.52. The molecule has 0 N–H and O–H groups in total. The van der Waals surface area contributed by atoms with Crippen molar-refractivity contribution in [2.45, 2.75) is 112 Å². The first kappa shape index (κ1) is 20.7. The van der Waals surface area contributed by atoms with E-state index in [4.69, 9.17) is 0 Å². The van der Waals surface area contributed by atoms with E-state index < -0.39 is 0 Å². The molecule has 7 atom stereocenters. The molecule has 0 heteroatoms. The van der Waals surface area contributed by atoms with Gasteiger partial charge in [-0.15, -0.1) is 0 Å². The maximum atomic E-state index is 2.76. The van der Waals surface area contributed by atoms with E-state index in [9.17, 15) is 0 Å². The Kier molecular flexibility index (Phi) is 5.89. The van der Waals surface area contributed by atoms with Gasteiger partial charge in [0.05, 0.1) is 0 Å². The number of rotatable bonds is 5. The summed E-state index contributed by atoms with van der Waals surface area (Å²) in [6, 6.07) is 0. The van der Waals surface area contributed by atoms with E-state index in [-0.39, 0.29) is 0 Å². The lowest BCUT2D eigenvalue weighted by molar-refractivity contribution is -0.0446. The van der Waals surface area contributed by atoms with Crippen LogP contribution in [0.4, 0.5) is 0 Å². The van der Waals surface area contributed by atoms with Gasteiger partial charge in [-0.25, -0.2) is 0 Å². The van der Waals surface area contributed by atoms with E-state index in [1.807, 2.05) is 5.57 Å². The second-order valence-corrected chi connectivity index (χ2v) is 11.5. The van der Waals surface area contributed by atoms with Crippen LogP contribution in [0.2, 0.25) is 0 Å². The van der Waals surface area contributed by atoms with Crippen LogP contribution in [-0.2, 0) is 0 Å². The number of unbranched alkanes of at least 4 members (excludes halogenated alkanes) is 2. The van der Waals surface area contributed by atoms with Crippen LogP contribution in [0, 0.1) is 40.4 Å². The molecule has 0 aromatic carbocycles. The minimum absolute atomic E-state index is 0.523. The summed E-state index contributed by atoms with van der Waals surface area (Å²) >= 11 is 0. The highest BCUT2D eigenvalue weighted by Gasteiger charge is 2.58. The summed E-state index contributed by atoms with van der Waals surface area (Å²) in [5.41, 5.74) is 4.67. The van der Waals surface area contributed by atoms with Gasteiger partial charge >= 0.3 is 0 Å². The maximum Gasteiger partial charge on any atom is -0.00849 e. The Morgan fingerprint density at radius 1 is 1.07 bits per heavy atom. The predicted molar refractivity (Wildman–Crippen MR) is 122 cm³/mol. The van der Waals surface area contributed by atoms with Crippen molar-refractivity contribution in [3.63, 3.8) is 0 Å². The summed E-state index contributed by atoms with van der Waals surface area (Å²) in [5, 5.41) is 0. The van der Waals surface area contributed by atoms with E-state index >= 15 is 0 Å². The molecular weight excluding hydrogens is 336 g/mol. The summed E-state index contributed by atoms with van der Waals surface area (Å²) in [6.07, 6.45) is 22.7. The van der Waals surface area contributed by atoms with E-state index in [0.29, 0.717) is 10.8 Å². The first-order chi connectivity index (χ1) is 13.4. The zero-order chi connectivity index (χ0) is 19.9. The van der Waals surface area contributed by atoms with Gasteiger partial charge in [0.25, 0.3) is 0 Å². The van der Waals surface area contributed by atoms with E-state index in [1.165, 1.54) is 77.0 Å². The number of allylic oxidation sites excluding steroid dienone is 4. The summed E-state index contributed by atoms with van der Waals surface area (Å²) in [5.74, 6) is 4.83. The lowest BCUT2D eigenvalue weighted by Gasteiger charge is -2.58. The first-order valence-electron chi connectivity index (χ1n) is 12.8. The van der Waals surface area contributed by atoms with Crippen LogP contribution in [0.15, 0.2) is 23.3 Å². The van der Waals surface area contributed by atoms with Gasteiger partial charge in [0.15, 0.2) is 0 Å². The van der Waals surface area contributed by atoms with Gasteiger partial charge in [-0.2, -0.15) is 0 Å². The fourth-order valence-electron chi connectivity index (χ4n) is 8.51. The Morgan fingerprint density at radius 2 is 1.89 bits per heavy atom. The Bertz CT molecular complexity index is 624. The van der Waals surface area contributed by atoms with Gasteiger partial charge in [-0.3, -0.25) is 0 Å². The van der Waals surface area contributed by atoms with Crippen LogP contribution in [0.25, 0.3) is 0 Å². The molecule has 0 bridgehead atoms. The molecule has 3 fully saturated rings. The average molecular weight is 383 g/mol. The van der Waals surface area contributed by atoms with Crippen LogP contribution in [0.1, 0.15) is 112 Å². The highest BCUT2D eigenvalue weighted by atomic mass is 14.6. The fourth-order valence-corrected chi connectivity index (χ4v) is 8.51. The average Bonchev–Trinajstić information content (AvgIpc) is 3.03. The minimum atomic E-state index is 0.523. The SMILES string of the molecule is C/C=C(/C)C1CCC2(C)C(=CCC3C2CCC2(C)C(CCCCC)CC[C@@H]32)C1. The van der Waals surface area contributed by atoms with Gasteiger partial charge < -0.3 is 0 Å². The third-order valence-electron chi connectivity index (χ3n) is 10.6. The molecule has 0 aromatic heterocycles. The number of fused-ring (bicyclic) bond motifs is 5. The molecule has 6 unspecified atom stereocenters. The lowest BCUT2D eigenvalue weighted by Crippen LogP contribution is -2.50. The normalized spacial score (nSPS) is 45.8. The Morgan fingerprint density at radius 3 is 2.64 bits per heavy atom. The molecule has 0 aliphatic heterocycles. The van der Waals surface area contributed by atoms with Gasteiger partial charge in [-0.1, -0.05) is 63.3 Å². The van der Waals surface area contributed by atoms with Crippen molar-refractivity contribution in [3.05, 3.63) is 23.3 Å². The van der Waals surface area contributed by atoms with Crippen molar-refractivity contribution in [2.75, 3.05) is 0 Å². The number of hydrogen-bond acceptors (Lipinski definition) is 0.